The van der Waals surface area contributed by atoms with Gasteiger partial charge in [-0.25, -0.2) is 13.4 Å². The summed E-state index contributed by atoms with van der Waals surface area (Å²) in [5.74, 6) is 0. The van der Waals surface area contributed by atoms with E-state index in [1.54, 1.807) is 35.2 Å². The van der Waals surface area contributed by atoms with Crippen LogP contribution in [-0.4, -0.2) is 13.4 Å². The molecule has 3 N–H and O–H groups in total. The second-order valence-electron chi connectivity index (χ2n) is 4.09. The molecule has 0 unspecified atom stereocenters. The summed E-state index contributed by atoms with van der Waals surface area (Å²) in [6, 6.07) is 6.87. The van der Waals surface area contributed by atoms with Crippen LogP contribution in [0.3, 0.4) is 0 Å². The molecule has 1 aromatic carbocycles. The van der Waals surface area contributed by atoms with Crippen molar-refractivity contribution < 1.29 is 8.42 Å². The molecule has 0 amide bonds. The third-order valence-electron chi connectivity index (χ3n) is 2.72. The first-order chi connectivity index (χ1) is 9.58. The van der Waals surface area contributed by atoms with E-state index >= 15 is 0 Å². The van der Waals surface area contributed by atoms with Gasteiger partial charge in [0.05, 0.1) is 26.3 Å². The minimum atomic E-state index is -3.57. The number of anilines is 1. The Morgan fingerprint density at radius 3 is 2.85 bits per heavy atom. The second kappa shape index (κ2) is 5.13. The van der Waals surface area contributed by atoms with Crippen molar-refractivity contribution in [2.45, 2.75) is 11.4 Å². The maximum absolute atomic E-state index is 12.2. The zero-order chi connectivity index (χ0) is 14.2. The Labute approximate surface area is 124 Å². The summed E-state index contributed by atoms with van der Waals surface area (Å²) < 4.78 is 28.0. The van der Waals surface area contributed by atoms with Crippen molar-refractivity contribution in [1.29, 1.82) is 0 Å². The number of thiophene rings is 1. The fourth-order valence-corrected chi connectivity index (χ4v) is 4.66. The summed E-state index contributed by atoms with van der Waals surface area (Å²) in [6.07, 6.45) is 0. The second-order valence-corrected chi connectivity index (χ2v) is 7.66. The van der Waals surface area contributed by atoms with Crippen LogP contribution in [0.5, 0.6) is 0 Å². The minimum Gasteiger partial charge on any atom is -0.326 e. The topological polar surface area (TPSA) is 85.1 Å². The molecule has 2 aromatic heterocycles. The van der Waals surface area contributed by atoms with Crippen molar-refractivity contribution in [2.24, 2.45) is 5.73 Å². The van der Waals surface area contributed by atoms with Gasteiger partial charge in [-0.2, -0.15) is 0 Å². The highest BCUT2D eigenvalue weighted by atomic mass is 32.2. The molecule has 0 aliphatic rings. The summed E-state index contributed by atoms with van der Waals surface area (Å²) in [6.45, 7) is 0.340. The van der Waals surface area contributed by atoms with Gasteiger partial charge in [-0.3, -0.25) is 4.72 Å². The van der Waals surface area contributed by atoms with Gasteiger partial charge in [-0.05, 0) is 24.3 Å². The van der Waals surface area contributed by atoms with Crippen LogP contribution in [-0.2, 0) is 16.6 Å². The lowest BCUT2D eigenvalue weighted by Gasteiger charge is -2.06. The fourth-order valence-electron chi connectivity index (χ4n) is 1.74. The molecule has 2 heterocycles. The molecule has 0 fully saturated rings. The predicted molar refractivity (Wildman–Crippen MR) is 82.6 cm³/mol. The third-order valence-corrected chi connectivity index (χ3v) is 5.99. The molecule has 0 aliphatic carbocycles. The smallest absolute Gasteiger partial charge is 0.262 e. The van der Waals surface area contributed by atoms with Crippen molar-refractivity contribution >= 4 is 48.6 Å². The lowest BCUT2D eigenvalue weighted by molar-refractivity contribution is 0.601. The average Bonchev–Trinajstić information content (AvgIpc) is 3.06. The van der Waals surface area contributed by atoms with Crippen molar-refractivity contribution in [1.82, 2.24) is 4.98 Å². The number of nitrogens with one attached hydrogen (secondary N) is 1. The molecule has 0 saturated carbocycles. The number of thiazole rings is 1. The lowest BCUT2D eigenvalue weighted by Crippen LogP contribution is -2.12. The molecule has 8 heteroatoms. The van der Waals surface area contributed by atoms with E-state index in [1.807, 2.05) is 0 Å². The van der Waals surface area contributed by atoms with Crippen LogP contribution in [0.1, 0.15) is 4.88 Å². The van der Waals surface area contributed by atoms with E-state index in [-0.39, 0.29) is 4.90 Å². The molecule has 0 bridgehead atoms. The van der Waals surface area contributed by atoms with Gasteiger partial charge in [0, 0.05) is 16.8 Å². The first-order valence-electron chi connectivity index (χ1n) is 5.72. The van der Waals surface area contributed by atoms with Crippen LogP contribution in [0, 0.1) is 0 Å². The Morgan fingerprint density at radius 2 is 2.10 bits per heavy atom. The number of fused-ring (bicyclic) bond motifs is 1. The fraction of sp³-hybridized carbons (Fsp3) is 0.0833. The Morgan fingerprint density at radius 1 is 1.25 bits per heavy atom. The van der Waals surface area contributed by atoms with Crippen molar-refractivity contribution in [3.63, 3.8) is 0 Å². The summed E-state index contributed by atoms with van der Waals surface area (Å²) in [5.41, 5.74) is 8.62. The van der Waals surface area contributed by atoms with Crippen LogP contribution in [0.25, 0.3) is 10.2 Å². The number of benzene rings is 1. The van der Waals surface area contributed by atoms with E-state index in [1.165, 1.54) is 22.7 Å². The van der Waals surface area contributed by atoms with Crippen molar-refractivity contribution in [2.75, 3.05) is 4.72 Å². The molecule has 5 nitrogen and oxygen atoms in total. The number of rotatable bonds is 4. The number of hydrogen-bond donors (Lipinski definition) is 2. The molecule has 3 rings (SSSR count). The summed E-state index contributed by atoms with van der Waals surface area (Å²) in [5, 5.41) is 1.59. The minimum absolute atomic E-state index is 0.243. The average molecular weight is 325 g/mol. The molecular weight excluding hydrogens is 314 g/mol. The highest BCUT2D eigenvalue weighted by Gasteiger charge is 2.16. The molecule has 0 atom stereocenters. The van der Waals surface area contributed by atoms with E-state index < -0.39 is 10.0 Å². The zero-order valence-electron chi connectivity index (χ0n) is 10.2. The number of hydrogen-bond acceptors (Lipinski definition) is 6. The number of nitrogens with zero attached hydrogens (tertiary/aromatic N) is 1. The van der Waals surface area contributed by atoms with Crippen molar-refractivity contribution in [3.8, 4) is 0 Å². The van der Waals surface area contributed by atoms with Crippen LogP contribution >= 0.6 is 22.7 Å². The molecule has 3 aromatic rings. The highest BCUT2D eigenvalue weighted by molar-refractivity contribution is 7.92. The molecule has 0 radical (unpaired) electrons. The quantitative estimate of drug-likeness (QED) is 0.772. The van der Waals surface area contributed by atoms with Gasteiger partial charge in [0.25, 0.3) is 10.0 Å². The van der Waals surface area contributed by atoms with E-state index in [2.05, 4.69) is 9.71 Å². The van der Waals surface area contributed by atoms with Crippen LogP contribution in [0.2, 0.25) is 0 Å². The Balaban J connectivity index is 1.92. The van der Waals surface area contributed by atoms with Crippen molar-refractivity contribution in [3.05, 3.63) is 40.0 Å². The largest absolute Gasteiger partial charge is 0.326 e. The van der Waals surface area contributed by atoms with Gasteiger partial charge < -0.3 is 5.73 Å². The normalized spacial score (nSPS) is 11.8. The van der Waals surface area contributed by atoms with E-state index in [0.717, 1.165) is 15.1 Å². The van der Waals surface area contributed by atoms with Crippen LogP contribution < -0.4 is 10.5 Å². The third kappa shape index (κ3) is 2.55. The zero-order valence-corrected chi connectivity index (χ0v) is 12.7. The monoisotopic (exact) mass is 325 g/mol. The SMILES string of the molecule is NCc1cc(S(=O)(=O)Nc2ccc3ncsc3c2)cs1. The van der Waals surface area contributed by atoms with Gasteiger partial charge in [0.2, 0.25) is 0 Å². The standard InChI is InChI=1S/C12H11N3O2S3/c13-5-9-4-10(6-18-9)20(16,17)15-8-1-2-11-12(3-8)19-7-14-11/h1-4,6-7,15H,5,13H2. The number of sulfonamides is 1. The lowest BCUT2D eigenvalue weighted by atomic mass is 10.3. The van der Waals surface area contributed by atoms with Gasteiger partial charge in [0.1, 0.15) is 0 Å². The Kier molecular flexibility index (Phi) is 3.47. The summed E-state index contributed by atoms with van der Waals surface area (Å²) in [4.78, 5) is 5.24. The first kappa shape index (κ1) is 13.5. The van der Waals surface area contributed by atoms with Gasteiger partial charge in [-0.1, -0.05) is 0 Å². The summed E-state index contributed by atoms with van der Waals surface area (Å²) >= 11 is 2.81. The molecule has 0 saturated heterocycles. The molecule has 0 spiro atoms. The van der Waals surface area contributed by atoms with Gasteiger partial charge >= 0.3 is 0 Å². The predicted octanol–water partition coefficient (Wildman–Crippen LogP) is 2.62. The van der Waals surface area contributed by atoms with Crippen LogP contribution in [0.4, 0.5) is 5.69 Å². The summed E-state index contributed by atoms with van der Waals surface area (Å²) in [7, 11) is -3.57. The van der Waals surface area contributed by atoms with E-state index in [0.29, 0.717) is 12.2 Å². The molecule has 20 heavy (non-hydrogen) atoms. The Bertz CT molecular complexity index is 852. The number of aromatic nitrogens is 1. The first-order valence-corrected chi connectivity index (χ1v) is 8.96. The Hall–Kier alpha value is -1.48. The van der Waals surface area contributed by atoms with Gasteiger partial charge in [0.15, 0.2) is 0 Å². The number of nitrogens with two attached hydrogens (primary N) is 1. The van der Waals surface area contributed by atoms with E-state index in [4.69, 9.17) is 5.73 Å². The molecule has 0 aliphatic heterocycles. The van der Waals surface area contributed by atoms with E-state index in [9.17, 15) is 8.42 Å². The molecule has 104 valence electrons. The maximum Gasteiger partial charge on any atom is 0.262 e. The highest BCUT2D eigenvalue weighted by Crippen LogP contribution is 2.25. The van der Waals surface area contributed by atoms with Gasteiger partial charge in [-0.15, -0.1) is 22.7 Å². The molecular formula is C12H11N3O2S3. The van der Waals surface area contributed by atoms with Crippen LogP contribution in [0.15, 0.2) is 40.1 Å². The maximum atomic E-state index is 12.2.